The SMILES string of the molecule is C=CC(=O)N1CCC(C(=O)Nc2ccc(OC)c(NS(C)(=O)=O)c2)CC1. The van der Waals surface area contributed by atoms with Crippen LogP contribution in [0.4, 0.5) is 11.4 Å². The summed E-state index contributed by atoms with van der Waals surface area (Å²) in [6, 6.07) is 4.73. The lowest BCUT2D eigenvalue weighted by Crippen LogP contribution is -2.40. The normalized spacial score (nSPS) is 15.2. The van der Waals surface area contributed by atoms with E-state index in [-0.39, 0.29) is 23.4 Å². The Bertz CT molecular complexity index is 799. The Morgan fingerprint density at radius 2 is 1.96 bits per heavy atom. The molecule has 2 N–H and O–H groups in total. The fourth-order valence-electron chi connectivity index (χ4n) is 2.80. The Morgan fingerprint density at radius 1 is 1.31 bits per heavy atom. The zero-order valence-electron chi connectivity index (χ0n) is 14.8. The molecule has 0 saturated carbocycles. The molecule has 0 aliphatic carbocycles. The fourth-order valence-corrected chi connectivity index (χ4v) is 3.36. The Morgan fingerprint density at radius 3 is 2.50 bits per heavy atom. The molecule has 0 bridgehead atoms. The van der Waals surface area contributed by atoms with E-state index in [0.717, 1.165) is 6.26 Å². The average Bonchev–Trinajstić information content (AvgIpc) is 2.60. The Balaban J connectivity index is 2.04. The van der Waals surface area contributed by atoms with Gasteiger partial charge in [-0.15, -0.1) is 0 Å². The van der Waals surface area contributed by atoms with Gasteiger partial charge in [0.1, 0.15) is 5.75 Å². The van der Waals surface area contributed by atoms with Gasteiger partial charge in [-0.25, -0.2) is 8.42 Å². The number of hydrogen-bond donors (Lipinski definition) is 2. The molecule has 142 valence electrons. The molecule has 1 heterocycles. The predicted octanol–water partition coefficient (Wildman–Crippen LogP) is 1.43. The second kappa shape index (κ2) is 8.22. The molecular weight excluding hydrogens is 358 g/mol. The first-order valence-electron chi connectivity index (χ1n) is 8.11. The highest BCUT2D eigenvalue weighted by Gasteiger charge is 2.26. The number of nitrogens with one attached hydrogen (secondary N) is 2. The van der Waals surface area contributed by atoms with Crippen LogP contribution in [0, 0.1) is 5.92 Å². The van der Waals surface area contributed by atoms with Gasteiger partial charge in [-0.05, 0) is 37.1 Å². The van der Waals surface area contributed by atoms with E-state index in [4.69, 9.17) is 4.74 Å². The average molecular weight is 381 g/mol. The van der Waals surface area contributed by atoms with Gasteiger partial charge in [0.05, 0.1) is 19.1 Å². The number of amides is 2. The number of nitrogens with zero attached hydrogens (tertiary/aromatic N) is 1. The number of sulfonamides is 1. The summed E-state index contributed by atoms with van der Waals surface area (Å²) in [5.74, 6) is -0.149. The van der Waals surface area contributed by atoms with Crippen LogP contribution in [0.25, 0.3) is 0 Å². The minimum absolute atomic E-state index is 0.129. The minimum Gasteiger partial charge on any atom is -0.495 e. The lowest BCUT2D eigenvalue weighted by atomic mass is 9.95. The summed E-state index contributed by atoms with van der Waals surface area (Å²) in [4.78, 5) is 25.7. The maximum atomic E-state index is 12.5. The molecule has 26 heavy (non-hydrogen) atoms. The van der Waals surface area contributed by atoms with Crippen LogP contribution < -0.4 is 14.8 Å². The summed E-state index contributed by atoms with van der Waals surface area (Å²) < 4.78 is 30.4. The molecule has 0 spiro atoms. The van der Waals surface area contributed by atoms with Crippen molar-refractivity contribution in [3.05, 3.63) is 30.9 Å². The maximum absolute atomic E-state index is 12.5. The molecule has 0 unspecified atom stereocenters. The third-order valence-electron chi connectivity index (χ3n) is 4.11. The Kier molecular flexibility index (Phi) is 6.25. The maximum Gasteiger partial charge on any atom is 0.245 e. The highest BCUT2D eigenvalue weighted by Crippen LogP contribution is 2.29. The van der Waals surface area contributed by atoms with Crippen molar-refractivity contribution in [1.29, 1.82) is 0 Å². The van der Waals surface area contributed by atoms with Crippen molar-refractivity contribution in [2.24, 2.45) is 5.92 Å². The minimum atomic E-state index is -3.48. The molecule has 2 amide bonds. The molecule has 0 atom stereocenters. The predicted molar refractivity (Wildman–Crippen MR) is 99.6 cm³/mol. The van der Waals surface area contributed by atoms with Crippen molar-refractivity contribution in [2.45, 2.75) is 12.8 Å². The molecule has 1 aromatic rings. The largest absolute Gasteiger partial charge is 0.495 e. The van der Waals surface area contributed by atoms with Gasteiger partial charge in [0.15, 0.2) is 0 Å². The standard InChI is InChI=1S/C17H23N3O5S/c1-4-16(21)20-9-7-12(8-10-20)17(22)18-13-5-6-15(25-2)14(11-13)19-26(3,23)24/h4-6,11-12,19H,1,7-10H2,2-3H3,(H,18,22). The van der Waals surface area contributed by atoms with E-state index in [1.54, 1.807) is 17.0 Å². The second-order valence-electron chi connectivity index (χ2n) is 6.08. The molecule has 1 fully saturated rings. The van der Waals surface area contributed by atoms with Crippen LogP contribution in [0.5, 0.6) is 5.75 Å². The van der Waals surface area contributed by atoms with Crippen molar-refractivity contribution < 1.29 is 22.7 Å². The zero-order chi connectivity index (χ0) is 19.3. The Labute approximate surface area is 153 Å². The van der Waals surface area contributed by atoms with Gasteiger partial charge in [0, 0.05) is 24.7 Å². The molecule has 1 aromatic carbocycles. The molecule has 1 aliphatic heterocycles. The molecular formula is C17H23N3O5S. The van der Waals surface area contributed by atoms with Crippen LogP contribution in [0.15, 0.2) is 30.9 Å². The lowest BCUT2D eigenvalue weighted by Gasteiger charge is -2.30. The van der Waals surface area contributed by atoms with Crippen LogP contribution in [-0.2, 0) is 19.6 Å². The first-order chi connectivity index (χ1) is 12.2. The number of likely N-dealkylation sites (tertiary alicyclic amines) is 1. The lowest BCUT2D eigenvalue weighted by molar-refractivity contribution is -0.130. The number of carbonyl (C=O) groups excluding carboxylic acids is 2. The highest BCUT2D eigenvalue weighted by atomic mass is 32.2. The van der Waals surface area contributed by atoms with E-state index in [1.165, 1.54) is 19.3 Å². The summed E-state index contributed by atoms with van der Waals surface area (Å²) in [5, 5.41) is 2.79. The number of carbonyl (C=O) groups is 2. The molecule has 0 radical (unpaired) electrons. The number of ether oxygens (including phenoxy) is 1. The second-order valence-corrected chi connectivity index (χ2v) is 7.83. The van der Waals surface area contributed by atoms with Gasteiger partial charge in [-0.2, -0.15) is 0 Å². The summed E-state index contributed by atoms with van der Waals surface area (Å²) in [6.07, 6.45) is 3.44. The number of benzene rings is 1. The van der Waals surface area contributed by atoms with Crippen LogP contribution in [0.2, 0.25) is 0 Å². The van der Waals surface area contributed by atoms with Gasteiger partial charge in [-0.1, -0.05) is 6.58 Å². The first kappa shape index (κ1) is 19.8. The van der Waals surface area contributed by atoms with Gasteiger partial charge in [0.2, 0.25) is 21.8 Å². The van der Waals surface area contributed by atoms with Crippen LogP contribution in [0.3, 0.4) is 0 Å². The molecule has 8 nitrogen and oxygen atoms in total. The molecule has 0 aromatic heterocycles. The zero-order valence-corrected chi connectivity index (χ0v) is 15.6. The smallest absolute Gasteiger partial charge is 0.245 e. The molecule has 2 rings (SSSR count). The van der Waals surface area contributed by atoms with E-state index >= 15 is 0 Å². The summed E-state index contributed by atoms with van der Waals surface area (Å²) in [6.45, 7) is 4.48. The van der Waals surface area contributed by atoms with Crippen molar-refractivity contribution in [2.75, 3.05) is 36.5 Å². The number of hydrogen-bond acceptors (Lipinski definition) is 5. The van der Waals surface area contributed by atoms with Gasteiger partial charge < -0.3 is 15.0 Å². The van der Waals surface area contributed by atoms with Crippen molar-refractivity contribution >= 4 is 33.2 Å². The molecule has 9 heteroatoms. The van der Waals surface area contributed by atoms with Crippen molar-refractivity contribution in [3.63, 3.8) is 0 Å². The number of rotatable bonds is 6. The van der Waals surface area contributed by atoms with Crippen LogP contribution in [-0.4, -0.2) is 51.6 Å². The van der Waals surface area contributed by atoms with Crippen molar-refractivity contribution in [1.82, 2.24) is 4.90 Å². The quantitative estimate of drug-likeness (QED) is 0.726. The van der Waals surface area contributed by atoms with E-state index in [9.17, 15) is 18.0 Å². The van der Waals surface area contributed by atoms with E-state index in [1.807, 2.05) is 0 Å². The number of piperidine rings is 1. The number of anilines is 2. The third kappa shape index (κ3) is 5.22. The van der Waals surface area contributed by atoms with Crippen LogP contribution in [0.1, 0.15) is 12.8 Å². The van der Waals surface area contributed by atoms with Crippen molar-refractivity contribution in [3.8, 4) is 5.75 Å². The van der Waals surface area contributed by atoms with E-state index in [0.29, 0.717) is 37.4 Å². The summed E-state index contributed by atoms with van der Waals surface area (Å²) in [7, 11) is -2.05. The van der Waals surface area contributed by atoms with Crippen LogP contribution >= 0.6 is 0 Å². The van der Waals surface area contributed by atoms with Gasteiger partial charge >= 0.3 is 0 Å². The van der Waals surface area contributed by atoms with Gasteiger partial charge in [0.25, 0.3) is 0 Å². The summed E-state index contributed by atoms with van der Waals surface area (Å²) >= 11 is 0. The molecule has 1 aliphatic rings. The first-order valence-corrected chi connectivity index (χ1v) is 10.0. The van der Waals surface area contributed by atoms with Gasteiger partial charge in [-0.3, -0.25) is 14.3 Å². The molecule has 1 saturated heterocycles. The monoisotopic (exact) mass is 381 g/mol. The Hall–Kier alpha value is -2.55. The van der Waals surface area contributed by atoms with E-state index in [2.05, 4.69) is 16.6 Å². The fraction of sp³-hybridized carbons (Fsp3) is 0.412. The topological polar surface area (TPSA) is 105 Å². The summed E-state index contributed by atoms with van der Waals surface area (Å²) in [5.41, 5.74) is 0.714. The highest BCUT2D eigenvalue weighted by molar-refractivity contribution is 7.92. The third-order valence-corrected chi connectivity index (χ3v) is 4.71. The number of methoxy groups -OCH3 is 1. The van der Waals surface area contributed by atoms with E-state index < -0.39 is 10.0 Å².